The summed E-state index contributed by atoms with van der Waals surface area (Å²) >= 11 is 1.62. The van der Waals surface area contributed by atoms with Gasteiger partial charge in [0.15, 0.2) is 0 Å². The van der Waals surface area contributed by atoms with Crippen molar-refractivity contribution < 1.29 is 0 Å². The van der Waals surface area contributed by atoms with Crippen molar-refractivity contribution in [3.63, 3.8) is 0 Å². The SMILES string of the molecule is Cc1csc(-c2nccc3nc(-c4ccccc4)c(-c4ccccc4)cc23)n1. The molecule has 0 N–H and O–H groups in total. The van der Waals surface area contributed by atoms with Crippen molar-refractivity contribution in [1.82, 2.24) is 15.0 Å². The van der Waals surface area contributed by atoms with Gasteiger partial charge in [-0.1, -0.05) is 60.7 Å². The summed E-state index contributed by atoms with van der Waals surface area (Å²) in [5.41, 5.74) is 7.15. The Kier molecular flexibility index (Phi) is 4.18. The fourth-order valence-electron chi connectivity index (χ4n) is 3.38. The topological polar surface area (TPSA) is 38.7 Å². The Hall–Kier alpha value is -3.37. The monoisotopic (exact) mass is 379 g/mol. The van der Waals surface area contributed by atoms with Crippen molar-refractivity contribution in [3.8, 4) is 33.1 Å². The first-order chi connectivity index (χ1) is 13.8. The van der Waals surface area contributed by atoms with Gasteiger partial charge in [0, 0.05) is 33.8 Å². The lowest BCUT2D eigenvalue weighted by atomic mass is 9.97. The van der Waals surface area contributed by atoms with E-state index >= 15 is 0 Å². The van der Waals surface area contributed by atoms with Crippen LogP contribution >= 0.6 is 11.3 Å². The van der Waals surface area contributed by atoms with Crippen LogP contribution in [0.1, 0.15) is 5.69 Å². The molecule has 3 aromatic heterocycles. The molecule has 2 aromatic carbocycles. The molecule has 0 spiro atoms. The van der Waals surface area contributed by atoms with E-state index in [2.05, 4.69) is 57.8 Å². The number of fused-ring (bicyclic) bond motifs is 1. The number of benzene rings is 2. The van der Waals surface area contributed by atoms with Crippen molar-refractivity contribution in [3.05, 3.63) is 90.1 Å². The van der Waals surface area contributed by atoms with Crippen LogP contribution in [0.2, 0.25) is 0 Å². The maximum atomic E-state index is 5.05. The first-order valence-corrected chi connectivity index (χ1v) is 10.0. The summed E-state index contributed by atoms with van der Waals surface area (Å²) in [7, 11) is 0. The number of rotatable bonds is 3. The summed E-state index contributed by atoms with van der Waals surface area (Å²) < 4.78 is 0. The van der Waals surface area contributed by atoms with Crippen LogP contribution in [0.3, 0.4) is 0 Å². The molecule has 0 amide bonds. The molecular formula is C24H17N3S. The van der Waals surface area contributed by atoms with Crippen molar-refractivity contribution >= 4 is 22.2 Å². The van der Waals surface area contributed by atoms with E-state index in [0.717, 1.165) is 49.7 Å². The first-order valence-electron chi connectivity index (χ1n) is 9.13. The molecule has 0 aliphatic heterocycles. The van der Waals surface area contributed by atoms with Gasteiger partial charge in [0.25, 0.3) is 0 Å². The van der Waals surface area contributed by atoms with Gasteiger partial charge in [-0.25, -0.2) is 9.97 Å². The molecule has 0 saturated heterocycles. The van der Waals surface area contributed by atoms with Crippen LogP contribution < -0.4 is 0 Å². The van der Waals surface area contributed by atoms with Crippen molar-refractivity contribution in [1.29, 1.82) is 0 Å². The van der Waals surface area contributed by atoms with Gasteiger partial charge in [0.2, 0.25) is 0 Å². The third-order valence-electron chi connectivity index (χ3n) is 4.70. The minimum Gasteiger partial charge on any atom is -0.253 e. The van der Waals surface area contributed by atoms with Gasteiger partial charge in [-0.05, 0) is 24.6 Å². The highest BCUT2D eigenvalue weighted by Gasteiger charge is 2.15. The zero-order valence-corrected chi connectivity index (χ0v) is 16.1. The summed E-state index contributed by atoms with van der Waals surface area (Å²) in [5, 5.41) is 4.01. The third-order valence-corrected chi connectivity index (χ3v) is 5.66. The quantitative estimate of drug-likeness (QED) is 0.364. The van der Waals surface area contributed by atoms with Gasteiger partial charge in [-0.3, -0.25) is 4.98 Å². The summed E-state index contributed by atoms with van der Waals surface area (Å²) in [6.07, 6.45) is 1.82. The Morgan fingerprint density at radius 1 is 0.750 bits per heavy atom. The highest BCUT2D eigenvalue weighted by atomic mass is 32.1. The molecule has 0 bridgehead atoms. The fraction of sp³-hybridized carbons (Fsp3) is 0.0417. The normalized spacial score (nSPS) is 11.0. The zero-order valence-electron chi connectivity index (χ0n) is 15.3. The van der Waals surface area contributed by atoms with Gasteiger partial charge in [0.1, 0.15) is 10.7 Å². The molecule has 3 heterocycles. The summed E-state index contributed by atoms with van der Waals surface area (Å²) in [6, 6.07) is 24.9. The largest absolute Gasteiger partial charge is 0.253 e. The second-order valence-corrected chi connectivity index (χ2v) is 7.49. The maximum Gasteiger partial charge on any atom is 0.142 e. The van der Waals surface area contributed by atoms with Crippen LogP contribution in [-0.4, -0.2) is 15.0 Å². The molecule has 0 aliphatic rings. The predicted molar refractivity (Wildman–Crippen MR) is 116 cm³/mol. The van der Waals surface area contributed by atoms with Gasteiger partial charge in [0.05, 0.1) is 11.2 Å². The molecule has 0 unspecified atom stereocenters. The average Bonchev–Trinajstić information content (AvgIpc) is 3.19. The third kappa shape index (κ3) is 2.98. The molecule has 3 nitrogen and oxygen atoms in total. The molecule has 5 aromatic rings. The van der Waals surface area contributed by atoms with Crippen LogP contribution in [0, 0.1) is 6.92 Å². The minimum absolute atomic E-state index is 0.889. The molecule has 0 saturated carbocycles. The maximum absolute atomic E-state index is 5.05. The number of nitrogens with zero attached hydrogens (tertiary/aromatic N) is 3. The molecule has 5 rings (SSSR count). The molecule has 134 valence electrons. The Morgan fingerprint density at radius 2 is 1.46 bits per heavy atom. The predicted octanol–water partition coefficient (Wildman–Crippen LogP) is 6.40. The molecule has 4 heteroatoms. The standard InChI is InChI=1S/C24H17N3S/c1-16-15-28-24(26-16)23-20-14-19(17-8-4-2-5-9-17)22(18-10-6-3-7-11-18)27-21(20)12-13-25-23/h2-15H,1H3. The Labute approximate surface area is 167 Å². The highest BCUT2D eigenvalue weighted by Crippen LogP contribution is 2.36. The van der Waals surface area contributed by atoms with E-state index < -0.39 is 0 Å². The first kappa shape index (κ1) is 16.8. The van der Waals surface area contributed by atoms with Crippen molar-refractivity contribution in [2.24, 2.45) is 0 Å². The molecule has 0 fully saturated rings. The van der Waals surface area contributed by atoms with Crippen LogP contribution in [0.25, 0.3) is 44.0 Å². The van der Waals surface area contributed by atoms with E-state index in [-0.39, 0.29) is 0 Å². The van der Waals surface area contributed by atoms with E-state index in [1.54, 1.807) is 11.3 Å². The minimum atomic E-state index is 0.889. The lowest BCUT2D eigenvalue weighted by molar-refractivity contribution is 1.24. The van der Waals surface area contributed by atoms with Crippen LogP contribution in [0.4, 0.5) is 0 Å². The van der Waals surface area contributed by atoms with E-state index in [4.69, 9.17) is 4.98 Å². The summed E-state index contributed by atoms with van der Waals surface area (Å²) in [5.74, 6) is 0. The molecular weight excluding hydrogens is 362 g/mol. The van der Waals surface area contributed by atoms with E-state index in [1.165, 1.54) is 0 Å². The molecule has 0 aliphatic carbocycles. The lowest BCUT2D eigenvalue weighted by Gasteiger charge is -2.13. The number of pyridine rings is 2. The molecule has 28 heavy (non-hydrogen) atoms. The van der Waals surface area contributed by atoms with Crippen molar-refractivity contribution in [2.45, 2.75) is 6.92 Å². The van der Waals surface area contributed by atoms with Gasteiger partial charge < -0.3 is 0 Å². The number of thiazole rings is 1. The fourth-order valence-corrected chi connectivity index (χ4v) is 4.19. The summed E-state index contributed by atoms with van der Waals surface area (Å²) in [4.78, 5) is 14.3. The number of hydrogen-bond acceptors (Lipinski definition) is 4. The Balaban J connectivity index is 1.83. The number of aryl methyl sites for hydroxylation is 1. The number of aromatic nitrogens is 3. The van der Waals surface area contributed by atoms with Gasteiger partial charge >= 0.3 is 0 Å². The van der Waals surface area contributed by atoms with Crippen LogP contribution in [0.15, 0.2) is 84.4 Å². The summed E-state index contributed by atoms with van der Waals surface area (Å²) in [6.45, 7) is 2.01. The van der Waals surface area contributed by atoms with E-state index in [0.29, 0.717) is 0 Å². The van der Waals surface area contributed by atoms with Crippen molar-refractivity contribution in [2.75, 3.05) is 0 Å². The zero-order chi connectivity index (χ0) is 18.9. The Morgan fingerprint density at radius 3 is 2.14 bits per heavy atom. The highest BCUT2D eigenvalue weighted by molar-refractivity contribution is 7.13. The van der Waals surface area contributed by atoms with E-state index in [1.807, 2.05) is 43.5 Å². The average molecular weight is 379 g/mol. The molecule has 0 radical (unpaired) electrons. The van der Waals surface area contributed by atoms with Gasteiger partial charge in [-0.15, -0.1) is 11.3 Å². The number of hydrogen-bond donors (Lipinski definition) is 0. The van der Waals surface area contributed by atoms with E-state index in [9.17, 15) is 0 Å². The second kappa shape index (κ2) is 6.98. The van der Waals surface area contributed by atoms with Crippen LogP contribution in [0.5, 0.6) is 0 Å². The second-order valence-electron chi connectivity index (χ2n) is 6.64. The Bertz CT molecular complexity index is 1260. The van der Waals surface area contributed by atoms with Crippen LogP contribution in [-0.2, 0) is 0 Å². The van der Waals surface area contributed by atoms with Gasteiger partial charge in [-0.2, -0.15) is 0 Å². The lowest BCUT2D eigenvalue weighted by Crippen LogP contribution is -1.94. The molecule has 0 atom stereocenters. The smallest absolute Gasteiger partial charge is 0.142 e.